The van der Waals surface area contributed by atoms with Gasteiger partial charge in [-0.05, 0) is 43.3 Å². The molecule has 0 N–H and O–H groups in total. The third-order valence-corrected chi connectivity index (χ3v) is 3.94. The number of rotatable bonds is 7. The first-order valence-electron chi connectivity index (χ1n) is 8.01. The molecule has 1 atom stereocenters. The molecule has 0 radical (unpaired) electrons. The third-order valence-electron chi connectivity index (χ3n) is 3.94. The molecule has 0 spiro atoms. The molecule has 2 rings (SSSR count). The summed E-state index contributed by atoms with van der Waals surface area (Å²) < 4.78 is 0. The molecule has 2 aromatic rings. The van der Waals surface area contributed by atoms with Crippen LogP contribution in [0.15, 0.2) is 48.5 Å². The van der Waals surface area contributed by atoms with Gasteiger partial charge in [0.1, 0.15) is 0 Å². The highest BCUT2D eigenvalue weighted by molar-refractivity contribution is 5.87. The van der Waals surface area contributed by atoms with E-state index in [4.69, 9.17) is 0 Å². The quantitative estimate of drug-likeness (QED) is 0.727. The number of benzene rings is 2. The minimum Gasteiger partial charge on any atom is -0.374 e. The van der Waals surface area contributed by atoms with E-state index in [0.29, 0.717) is 5.92 Å². The zero-order valence-corrected chi connectivity index (χ0v) is 14.5. The Kier molecular flexibility index (Phi) is 5.94. The number of nitrogens with zero attached hydrogens (tertiary/aromatic N) is 2. The number of carbonyl (C=O) groups excluding carboxylic acids is 1. The van der Waals surface area contributed by atoms with E-state index in [-0.39, 0.29) is 0 Å². The maximum Gasteiger partial charge on any atom is 0.152 e. The molecule has 0 saturated heterocycles. The molecule has 3 heteroatoms. The molecule has 0 aliphatic heterocycles. The Morgan fingerprint density at radius 1 is 0.957 bits per heavy atom. The van der Waals surface area contributed by atoms with Crippen molar-refractivity contribution in [2.24, 2.45) is 5.92 Å². The van der Waals surface area contributed by atoms with Crippen molar-refractivity contribution in [2.45, 2.75) is 6.92 Å². The molecular weight excluding hydrogens is 284 g/mol. The van der Waals surface area contributed by atoms with Crippen molar-refractivity contribution in [1.82, 2.24) is 4.90 Å². The fourth-order valence-electron chi connectivity index (χ4n) is 3.05. The van der Waals surface area contributed by atoms with Crippen LogP contribution in [0.2, 0.25) is 0 Å². The smallest absolute Gasteiger partial charge is 0.152 e. The van der Waals surface area contributed by atoms with E-state index in [1.807, 2.05) is 24.3 Å². The topological polar surface area (TPSA) is 23.6 Å². The predicted molar refractivity (Wildman–Crippen MR) is 98.3 cm³/mol. The molecular formula is C20H26N2O. The SMILES string of the molecule is CC(CN(C)C)CN(C)c1ccc(-c2ccccc2)cc1C=O. The van der Waals surface area contributed by atoms with Crippen molar-refractivity contribution in [3.63, 3.8) is 0 Å². The maximum absolute atomic E-state index is 11.5. The lowest BCUT2D eigenvalue weighted by Gasteiger charge is -2.26. The van der Waals surface area contributed by atoms with E-state index in [0.717, 1.165) is 41.8 Å². The fraction of sp³-hybridized carbons (Fsp3) is 0.350. The lowest BCUT2D eigenvalue weighted by Crippen LogP contribution is -2.31. The van der Waals surface area contributed by atoms with Crippen LogP contribution in [0.5, 0.6) is 0 Å². The minimum absolute atomic E-state index is 0.531. The number of carbonyl (C=O) groups is 1. The van der Waals surface area contributed by atoms with Crippen LogP contribution in [0.1, 0.15) is 17.3 Å². The molecule has 0 saturated carbocycles. The van der Waals surface area contributed by atoms with Crippen molar-refractivity contribution < 1.29 is 4.79 Å². The molecule has 0 heterocycles. The Hall–Kier alpha value is -2.13. The Bertz CT molecular complexity index is 637. The monoisotopic (exact) mass is 310 g/mol. The van der Waals surface area contributed by atoms with E-state index in [9.17, 15) is 4.79 Å². The predicted octanol–water partition coefficient (Wildman–Crippen LogP) is 3.80. The summed E-state index contributed by atoms with van der Waals surface area (Å²) in [7, 11) is 6.22. The average molecular weight is 310 g/mol. The summed E-state index contributed by atoms with van der Waals surface area (Å²) in [6, 6.07) is 16.3. The van der Waals surface area contributed by atoms with Gasteiger partial charge in [0.2, 0.25) is 0 Å². The van der Waals surface area contributed by atoms with Crippen molar-refractivity contribution >= 4 is 12.0 Å². The van der Waals surface area contributed by atoms with Crippen molar-refractivity contribution in [3.05, 3.63) is 54.1 Å². The molecule has 0 aliphatic carbocycles. The van der Waals surface area contributed by atoms with E-state index in [1.54, 1.807) is 0 Å². The average Bonchev–Trinajstić information content (AvgIpc) is 2.54. The van der Waals surface area contributed by atoms with Gasteiger partial charge < -0.3 is 9.80 Å². The Morgan fingerprint density at radius 3 is 2.26 bits per heavy atom. The van der Waals surface area contributed by atoms with Gasteiger partial charge in [-0.1, -0.05) is 43.3 Å². The van der Waals surface area contributed by atoms with Gasteiger partial charge in [0.25, 0.3) is 0 Å². The van der Waals surface area contributed by atoms with Crippen LogP contribution < -0.4 is 4.90 Å². The molecule has 0 bridgehead atoms. The fourth-order valence-corrected chi connectivity index (χ4v) is 3.05. The number of aldehydes is 1. The standard InChI is InChI=1S/C20H26N2O/c1-16(13-21(2)3)14-22(4)20-11-10-18(12-19(20)15-23)17-8-6-5-7-9-17/h5-12,15-16H,13-14H2,1-4H3. The third kappa shape index (κ3) is 4.67. The Balaban J connectivity index is 2.21. The summed E-state index contributed by atoms with van der Waals surface area (Å²) in [5.41, 5.74) is 3.94. The van der Waals surface area contributed by atoms with Gasteiger partial charge in [0.15, 0.2) is 6.29 Å². The largest absolute Gasteiger partial charge is 0.374 e. The summed E-state index contributed by atoms with van der Waals surface area (Å²) in [6.07, 6.45) is 0.953. The zero-order valence-electron chi connectivity index (χ0n) is 14.5. The minimum atomic E-state index is 0.531. The van der Waals surface area contributed by atoms with Gasteiger partial charge in [-0.2, -0.15) is 0 Å². The first-order valence-corrected chi connectivity index (χ1v) is 8.01. The number of anilines is 1. The maximum atomic E-state index is 11.5. The summed E-state index contributed by atoms with van der Waals surface area (Å²) in [4.78, 5) is 15.9. The Morgan fingerprint density at radius 2 is 1.65 bits per heavy atom. The summed E-state index contributed by atoms with van der Waals surface area (Å²) in [5, 5.41) is 0. The van der Waals surface area contributed by atoms with Gasteiger partial charge >= 0.3 is 0 Å². The van der Waals surface area contributed by atoms with Gasteiger partial charge in [0, 0.05) is 31.4 Å². The van der Waals surface area contributed by atoms with Crippen molar-refractivity contribution in [3.8, 4) is 11.1 Å². The highest BCUT2D eigenvalue weighted by atomic mass is 16.1. The molecule has 0 fully saturated rings. The second kappa shape index (κ2) is 7.93. The highest BCUT2D eigenvalue weighted by Gasteiger charge is 2.12. The molecule has 0 amide bonds. The van der Waals surface area contributed by atoms with Gasteiger partial charge in [0.05, 0.1) is 0 Å². The zero-order chi connectivity index (χ0) is 16.8. The van der Waals surface area contributed by atoms with Crippen molar-refractivity contribution in [1.29, 1.82) is 0 Å². The van der Waals surface area contributed by atoms with E-state index in [2.05, 4.69) is 62.1 Å². The second-order valence-electron chi connectivity index (χ2n) is 6.51. The molecule has 2 aromatic carbocycles. The van der Waals surface area contributed by atoms with Crippen LogP contribution in [-0.2, 0) is 0 Å². The summed E-state index contributed by atoms with van der Waals surface area (Å²) >= 11 is 0. The van der Waals surface area contributed by atoms with Gasteiger partial charge in [-0.3, -0.25) is 4.79 Å². The first-order chi connectivity index (χ1) is 11.0. The van der Waals surface area contributed by atoms with Crippen LogP contribution in [0.3, 0.4) is 0 Å². The summed E-state index contributed by atoms with van der Waals surface area (Å²) in [6.45, 7) is 4.18. The van der Waals surface area contributed by atoms with E-state index in [1.165, 1.54) is 0 Å². The van der Waals surface area contributed by atoms with E-state index < -0.39 is 0 Å². The van der Waals surface area contributed by atoms with E-state index >= 15 is 0 Å². The second-order valence-corrected chi connectivity index (χ2v) is 6.51. The molecule has 1 unspecified atom stereocenters. The lowest BCUT2D eigenvalue weighted by atomic mass is 10.0. The summed E-state index contributed by atoms with van der Waals surface area (Å²) in [5.74, 6) is 0.531. The number of hydrogen-bond donors (Lipinski definition) is 0. The van der Waals surface area contributed by atoms with Gasteiger partial charge in [-0.15, -0.1) is 0 Å². The molecule has 0 aromatic heterocycles. The first kappa shape index (κ1) is 17.2. The normalized spacial score (nSPS) is 12.2. The molecule has 0 aliphatic rings. The van der Waals surface area contributed by atoms with Crippen LogP contribution in [-0.4, -0.2) is 45.4 Å². The van der Waals surface area contributed by atoms with Crippen molar-refractivity contribution in [2.75, 3.05) is 39.1 Å². The lowest BCUT2D eigenvalue weighted by molar-refractivity contribution is 0.112. The number of hydrogen-bond acceptors (Lipinski definition) is 3. The van der Waals surface area contributed by atoms with Crippen LogP contribution in [0.25, 0.3) is 11.1 Å². The Labute approximate surface area is 139 Å². The van der Waals surface area contributed by atoms with Crippen LogP contribution in [0.4, 0.5) is 5.69 Å². The highest BCUT2D eigenvalue weighted by Crippen LogP contribution is 2.26. The van der Waals surface area contributed by atoms with Crippen LogP contribution >= 0.6 is 0 Å². The molecule has 23 heavy (non-hydrogen) atoms. The van der Waals surface area contributed by atoms with Crippen LogP contribution in [0, 0.1) is 5.92 Å². The van der Waals surface area contributed by atoms with Gasteiger partial charge in [-0.25, -0.2) is 0 Å². The molecule has 122 valence electrons. The molecule has 3 nitrogen and oxygen atoms in total.